The van der Waals surface area contributed by atoms with Gasteiger partial charge >= 0.3 is 0 Å². The van der Waals surface area contributed by atoms with Crippen molar-refractivity contribution >= 4 is 32.4 Å². The van der Waals surface area contributed by atoms with Gasteiger partial charge < -0.3 is 10.7 Å². The van der Waals surface area contributed by atoms with Crippen LogP contribution < -0.4 is 5.73 Å². The maximum atomic E-state index is 5.76. The molecule has 0 aliphatic carbocycles. The maximum Gasteiger partial charge on any atom is 0.0541 e. The third kappa shape index (κ3) is 2.87. The Balaban J connectivity index is 1.75. The number of benzene rings is 4. The van der Waals surface area contributed by atoms with Gasteiger partial charge in [-0.1, -0.05) is 72.8 Å². The zero-order valence-electron chi connectivity index (χ0n) is 15.9. The summed E-state index contributed by atoms with van der Waals surface area (Å²) < 4.78 is 0. The third-order valence-electron chi connectivity index (χ3n) is 5.72. The molecule has 3 N–H and O–H groups in total. The van der Waals surface area contributed by atoms with E-state index in [0.717, 1.165) is 25.8 Å². The summed E-state index contributed by atoms with van der Waals surface area (Å²) >= 11 is 0. The molecule has 0 fully saturated rings. The number of rotatable bonds is 5. The summed E-state index contributed by atoms with van der Waals surface area (Å²) in [7, 11) is 0. The van der Waals surface area contributed by atoms with Crippen molar-refractivity contribution in [2.45, 2.75) is 19.3 Å². The molecule has 0 aliphatic rings. The first-order valence-corrected chi connectivity index (χ1v) is 10.1. The van der Waals surface area contributed by atoms with E-state index in [1.54, 1.807) is 0 Å². The van der Waals surface area contributed by atoms with Crippen molar-refractivity contribution in [3.8, 4) is 11.3 Å². The van der Waals surface area contributed by atoms with Gasteiger partial charge in [0.2, 0.25) is 0 Å². The van der Waals surface area contributed by atoms with Crippen LogP contribution in [0.25, 0.3) is 43.7 Å². The molecule has 1 aromatic heterocycles. The molecule has 4 aromatic carbocycles. The minimum absolute atomic E-state index is 0.747. The molecule has 5 aromatic rings. The Morgan fingerprint density at radius 3 is 2.29 bits per heavy atom. The topological polar surface area (TPSA) is 41.8 Å². The van der Waals surface area contributed by atoms with Gasteiger partial charge in [-0.25, -0.2) is 0 Å². The van der Waals surface area contributed by atoms with Gasteiger partial charge in [-0.2, -0.15) is 0 Å². The number of unbranched alkanes of at least 4 members (excludes halogenated alkanes) is 1. The van der Waals surface area contributed by atoms with E-state index in [-0.39, 0.29) is 0 Å². The number of hydrogen-bond acceptors (Lipinski definition) is 1. The lowest BCUT2D eigenvalue weighted by atomic mass is 9.97. The van der Waals surface area contributed by atoms with Crippen LogP contribution in [0.15, 0.2) is 78.9 Å². The number of H-pyrrole nitrogens is 1. The molecule has 0 amide bonds. The van der Waals surface area contributed by atoms with Gasteiger partial charge in [-0.3, -0.25) is 0 Å². The predicted octanol–water partition coefficient (Wildman–Crippen LogP) is 6.42. The molecule has 28 heavy (non-hydrogen) atoms. The van der Waals surface area contributed by atoms with Crippen LogP contribution in [-0.2, 0) is 6.42 Å². The highest BCUT2D eigenvalue weighted by atomic mass is 14.7. The lowest BCUT2D eigenvalue weighted by Crippen LogP contribution is -1.99. The fourth-order valence-electron chi connectivity index (χ4n) is 4.29. The fourth-order valence-corrected chi connectivity index (χ4v) is 4.29. The number of aromatic amines is 1. The quantitative estimate of drug-likeness (QED) is 0.347. The van der Waals surface area contributed by atoms with Crippen LogP contribution in [-0.4, -0.2) is 11.5 Å². The molecule has 0 saturated heterocycles. The Bertz CT molecular complexity index is 1280. The van der Waals surface area contributed by atoms with Crippen molar-refractivity contribution in [3.63, 3.8) is 0 Å². The summed E-state index contributed by atoms with van der Waals surface area (Å²) in [5.41, 5.74) is 10.9. The number of nitrogens with two attached hydrogens (primary N) is 1. The predicted molar refractivity (Wildman–Crippen MR) is 121 cm³/mol. The first-order valence-electron chi connectivity index (χ1n) is 10.1. The molecule has 0 radical (unpaired) electrons. The summed E-state index contributed by atoms with van der Waals surface area (Å²) in [5, 5.41) is 6.44. The van der Waals surface area contributed by atoms with Gasteiger partial charge in [0, 0.05) is 16.5 Å². The Kier molecular flexibility index (Phi) is 4.34. The Hall–Kier alpha value is -3.10. The molecular formula is C26H24N2. The fraction of sp³-hybridized carbons (Fsp3) is 0.154. The molecule has 0 atom stereocenters. The number of fused-ring (bicyclic) bond motifs is 4. The first-order chi connectivity index (χ1) is 13.8. The summed E-state index contributed by atoms with van der Waals surface area (Å²) in [6.45, 7) is 0.747. The zero-order valence-corrected chi connectivity index (χ0v) is 15.9. The van der Waals surface area contributed by atoms with Crippen LogP contribution >= 0.6 is 0 Å². The Morgan fingerprint density at radius 2 is 1.43 bits per heavy atom. The molecular weight excluding hydrogens is 340 g/mol. The molecule has 0 spiro atoms. The minimum atomic E-state index is 0.747. The van der Waals surface area contributed by atoms with Crippen LogP contribution in [0.2, 0.25) is 0 Å². The van der Waals surface area contributed by atoms with Gasteiger partial charge in [-0.15, -0.1) is 0 Å². The lowest BCUT2D eigenvalue weighted by Gasteiger charge is -2.07. The van der Waals surface area contributed by atoms with Crippen LogP contribution in [0.1, 0.15) is 18.4 Å². The standard InChI is InChI=1S/C26H24N2/c27-16-6-5-11-23-24-15-14-19-8-3-4-10-22(19)26(24)28-25(23)21-13-12-18-7-1-2-9-20(18)17-21/h1-4,7-10,12-15,17,28H,5-6,11,16,27H2. The van der Waals surface area contributed by atoms with E-state index in [0.29, 0.717) is 0 Å². The number of nitrogens with one attached hydrogen (secondary N) is 1. The molecule has 2 nitrogen and oxygen atoms in total. The van der Waals surface area contributed by atoms with E-state index in [9.17, 15) is 0 Å². The Morgan fingerprint density at radius 1 is 0.679 bits per heavy atom. The number of aromatic nitrogens is 1. The molecule has 0 unspecified atom stereocenters. The van der Waals surface area contributed by atoms with Crippen LogP contribution in [0, 0.1) is 0 Å². The molecule has 1 heterocycles. The highest BCUT2D eigenvalue weighted by Gasteiger charge is 2.15. The lowest BCUT2D eigenvalue weighted by molar-refractivity contribution is 0.748. The van der Waals surface area contributed by atoms with Crippen LogP contribution in [0.4, 0.5) is 0 Å². The van der Waals surface area contributed by atoms with Crippen molar-refractivity contribution in [3.05, 3.63) is 84.4 Å². The van der Waals surface area contributed by atoms with Gasteiger partial charge in [0.25, 0.3) is 0 Å². The second kappa shape index (κ2) is 7.14. The van der Waals surface area contributed by atoms with Gasteiger partial charge in [-0.05, 0) is 59.2 Å². The molecule has 0 aliphatic heterocycles. The van der Waals surface area contributed by atoms with Crippen molar-refractivity contribution < 1.29 is 0 Å². The molecule has 5 rings (SSSR count). The first kappa shape index (κ1) is 17.0. The Labute approximate surface area is 165 Å². The third-order valence-corrected chi connectivity index (χ3v) is 5.72. The monoisotopic (exact) mass is 364 g/mol. The molecule has 0 bridgehead atoms. The smallest absolute Gasteiger partial charge is 0.0541 e. The molecule has 2 heteroatoms. The average Bonchev–Trinajstić information content (AvgIpc) is 3.13. The van der Waals surface area contributed by atoms with E-state index >= 15 is 0 Å². The van der Waals surface area contributed by atoms with Gasteiger partial charge in [0.1, 0.15) is 0 Å². The van der Waals surface area contributed by atoms with Crippen molar-refractivity contribution in [2.75, 3.05) is 6.54 Å². The minimum Gasteiger partial charge on any atom is -0.354 e. The van der Waals surface area contributed by atoms with Crippen molar-refractivity contribution in [1.82, 2.24) is 4.98 Å². The summed E-state index contributed by atoms with van der Waals surface area (Å²) in [6, 6.07) is 28.4. The summed E-state index contributed by atoms with van der Waals surface area (Å²) in [4.78, 5) is 3.78. The molecule has 138 valence electrons. The van der Waals surface area contributed by atoms with Crippen LogP contribution in [0.3, 0.4) is 0 Å². The summed E-state index contributed by atoms with van der Waals surface area (Å²) in [5.74, 6) is 0. The highest BCUT2D eigenvalue weighted by Crippen LogP contribution is 2.36. The van der Waals surface area contributed by atoms with Crippen molar-refractivity contribution in [1.29, 1.82) is 0 Å². The van der Waals surface area contributed by atoms with E-state index in [1.165, 1.54) is 49.3 Å². The van der Waals surface area contributed by atoms with E-state index in [1.807, 2.05) is 0 Å². The SMILES string of the molecule is NCCCCc1c(-c2ccc3ccccc3c2)[nH]c2c1ccc1ccccc12. The number of hydrogen-bond donors (Lipinski definition) is 2. The van der Waals surface area contributed by atoms with Gasteiger partial charge in [0.15, 0.2) is 0 Å². The van der Waals surface area contributed by atoms with Crippen molar-refractivity contribution in [2.24, 2.45) is 5.73 Å². The number of aryl methyl sites for hydroxylation is 1. The summed E-state index contributed by atoms with van der Waals surface area (Å²) in [6.07, 6.45) is 3.20. The zero-order chi connectivity index (χ0) is 18.9. The maximum absolute atomic E-state index is 5.76. The largest absolute Gasteiger partial charge is 0.354 e. The second-order valence-electron chi connectivity index (χ2n) is 7.50. The van der Waals surface area contributed by atoms with E-state index in [4.69, 9.17) is 5.73 Å². The normalized spacial score (nSPS) is 11.6. The highest BCUT2D eigenvalue weighted by molar-refractivity contribution is 6.09. The van der Waals surface area contributed by atoms with Gasteiger partial charge in [0.05, 0.1) is 5.52 Å². The average molecular weight is 364 g/mol. The van der Waals surface area contributed by atoms with E-state index < -0.39 is 0 Å². The molecule has 0 saturated carbocycles. The van der Waals surface area contributed by atoms with Crippen LogP contribution in [0.5, 0.6) is 0 Å². The van der Waals surface area contributed by atoms with E-state index in [2.05, 4.69) is 83.8 Å². The second-order valence-corrected chi connectivity index (χ2v) is 7.50.